The zero-order valence-corrected chi connectivity index (χ0v) is 11.4. The number of rotatable bonds is 5. The van der Waals surface area contributed by atoms with Crippen LogP contribution in [-0.2, 0) is 9.84 Å². The number of thiophene rings is 1. The molecule has 0 aliphatic heterocycles. The van der Waals surface area contributed by atoms with Crippen LogP contribution in [0.25, 0.3) is 0 Å². The Morgan fingerprint density at radius 3 is 2.59 bits per heavy atom. The van der Waals surface area contributed by atoms with Crippen LogP contribution in [0.15, 0.2) is 4.90 Å². The Morgan fingerprint density at radius 1 is 1.47 bits per heavy atom. The standard InChI is InChI=1S/C10H15N3O2S2/c1-3-5-13-10-9(17(14,15)4-2)8(12)7(6-11)16-10/h13H,3-5,12H2,1-2H3. The van der Waals surface area contributed by atoms with Crippen LogP contribution in [0.4, 0.5) is 10.7 Å². The summed E-state index contributed by atoms with van der Waals surface area (Å²) in [6.45, 7) is 4.18. The van der Waals surface area contributed by atoms with Crippen LogP contribution in [-0.4, -0.2) is 20.7 Å². The lowest BCUT2D eigenvalue weighted by molar-refractivity contribution is 0.598. The van der Waals surface area contributed by atoms with Gasteiger partial charge in [-0.15, -0.1) is 11.3 Å². The molecule has 94 valence electrons. The number of hydrogen-bond donors (Lipinski definition) is 2. The SMILES string of the molecule is CCCNc1sc(C#N)c(N)c1S(=O)(=O)CC. The van der Waals surface area contributed by atoms with E-state index in [1.807, 2.05) is 13.0 Å². The highest BCUT2D eigenvalue weighted by Gasteiger charge is 2.25. The number of nitrogens with two attached hydrogens (primary N) is 1. The van der Waals surface area contributed by atoms with Gasteiger partial charge in [0.1, 0.15) is 20.8 Å². The molecule has 0 aliphatic rings. The average Bonchev–Trinajstić information content (AvgIpc) is 2.63. The Balaban J connectivity index is 3.35. The molecule has 0 aliphatic carbocycles. The molecule has 0 bridgehead atoms. The lowest BCUT2D eigenvalue weighted by Crippen LogP contribution is -2.09. The van der Waals surface area contributed by atoms with Crippen molar-refractivity contribution in [2.75, 3.05) is 23.3 Å². The van der Waals surface area contributed by atoms with Gasteiger partial charge in [0.25, 0.3) is 0 Å². The molecule has 5 nitrogen and oxygen atoms in total. The van der Waals surface area contributed by atoms with E-state index >= 15 is 0 Å². The maximum absolute atomic E-state index is 11.9. The molecule has 0 amide bonds. The molecule has 7 heteroatoms. The monoisotopic (exact) mass is 273 g/mol. The molecule has 0 atom stereocenters. The van der Waals surface area contributed by atoms with Crippen LogP contribution in [0.2, 0.25) is 0 Å². The average molecular weight is 273 g/mol. The fourth-order valence-electron chi connectivity index (χ4n) is 1.32. The summed E-state index contributed by atoms with van der Waals surface area (Å²) in [5.41, 5.74) is 5.78. The number of hydrogen-bond acceptors (Lipinski definition) is 6. The van der Waals surface area contributed by atoms with Crippen molar-refractivity contribution in [2.24, 2.45) is 0 Å². The van der Waals surface area contributed by atoms with Crippen molar-refractivity contribution in [3.63, 3.8) is 0 Å². The number of sulfone groups is 1. The van der Waals surface area contributed by atoms with E-state index in [2.05, 4.69) is 5.32 Å². The first-order chi connectivity index (χ1) is 7.97. The molecule has 1 aromatic rings. The van der Waals surface area contributed by atoms with Crippen molar-refractivity contribution >= 4 is 31.9 Å². The van der Waals surface area contributed by atoms with Gasteiger partial charge in [0, 0.05) is 6.54 Å². The quantitative estimate of drug-likeness (QED) is 0.853. The number of nitriles is 1. The highest BCUT2D eigenvalue weighted by Crippen LogP contribution is 2.39. The predicted octanol–water partition coefficient (Wildman–Crippen LogP) is 1.82. The molecular weight excluding hydrogens is 258 g/mol. The summed E-state index contributed by atoms with van der Waals surface area (Å²) in [4.78, 5) is 0.325. The third kappa shape index (κ3) is 2.70. The first-order valence-electron chi connectivity index (χ1n) is 5.26. The van der Waals surface area contributed by atoms with Gasteiger partial charge in [0.05, 0.1) is 11.4 Å². The molecule has 0 saturated heterocycles. The van der Waals surface area contributed by atoms with Gasteiger partial charge in [-0.25, -0.2) is 8.42 Å². The topological polar surface area (TPSA) is 96.0 Å². The molecule has 0 saturated carbocycles. The molecule has 0 unspecified atom stereocenters. The molecule has 0 radical (unpaired) electrons. The summed E-state index contributed by atoms with van der Waals surface area (Å²) in [6.07, 6.45) is 0.866. The summed E-state index contributed by atoms with van der Waals surface area (Å²) in [6, 6.07) is 1.92. The summed E-state index contributed by atoms with van der Waals surface area (Å²) >= 11 is 1.09. The Bertz CT molecular complexity index is 541. The molecule has 17 heavy (non-hydrogen) atoms. The second-order valence-corrected chi connectivity index (χ2v) is 6.68. The first kappa shape index (κ1) is 13.8. The maximum Gasteiger partial charge on any atom is 0.183 e. The Kier molecular flexibility index (Phi) is 4.37. The van der Waals surface area contributed by atoms with E-state index in [1.54, 1.807) is 6.92 Å². The van der Waals surface area contributed by atoms with Crippen LogP contribution in [0, 0.1) is 11.3 Å². The van der Waals surface area contributed by atoms with E-state index in [9.17, 15) is 8.42 Å². The number of nitrogens with zero attached hydrogens (tertiary/aromatic N) is 1. The van der Waals surface area contributed by atoms with Gasteiger partial charge < -0.3 is 11.1 Å². The van der Waals surface area contributed by atoms with Gasteiger partial charge in [-0.05, 0) is 6.42 Å². The summed E-state index contributed by atoms with van der Waals surface area (Å²) in [5, 5.41) is 12.4. The van der Waals surface area contributed by atoms with E-state index in [0.29, 0.717) is 11.5 Å². The third-order valence-corrected chi connectivity index (χ3v) is 5.23. The minimum absolute atomic E-state index is 0.0282. The molecule has 1 rings (SSSR count). The molecule has 3 N–H and O–H groups in total. The highest BCUT2D eigenvalue weighted by atomic mass is 32.2. The predicted molar refractivity (Wildman–Crippen MR) is 70.0 cm³/mol. The van der Waals surface area contributed by atoms with Crippen LogP contribution < -0.4 is 11.1 Å². The largest absolute Gasteiger partial charge is 0.396 e. The van der Waals surface area contributed by atoms with Gasteiger partial charge >= 0.3 is 0 Å². The fourth-order valence-corrected chi connectivity index (χ4v) is 3.81. The molecular formula is C10H15N3O2S2. The van der Waals surface area contributed by atoms with E-state index in [-0.39, 0.29) is 21.2 Å². The lowest BCUT2D eigenvalue weighted by Gasteiger charge is -2.06. The molecule has 0 fully saturated rings. The summed E-state index contributed by atoms with van der Waals surface area (Å²) in [7, 11) is -3.41. The van der Waals surface area contributed by atoms with E-state index < -0.39 is 9.84 Å². The van der Waals surface area contributed by atoms with Crippen LogP contribution in [0.3, 0.4) is 0 Å². The fraction of sp³-hybridized carbons (Fsp3) is 0.500. The third-order valence-electron chi connectivity index (χ3n) is 2.23. The molecule has 0 spiro atoms. The Hall–Kier alpha value is -1.26. The smallest absolute Gasteiger partial charge is 0.183 e. The highest BCUT2D eigenvalue weighted by molar-refractivity contribution is 7.91. The van der Waals surface area contributed by atoms with Crippen LogP contribution in [0.1, 0.15) is 25.1 Å². The molecule has 1 heterocycles. The van der Waals surface area contributed by atoms with Crippen molar-refractivity contribution in [1.29, 1.82) is 5.26 Å². The molecule has 0 aromatic carbocycles. The van der Waals surface area contributed by atoms with E-state index in [4.69, 9.17) is 11.0 Å². The van der Waals surface area contributed by atoms with Gasteiger partial charge in [-0.3, -0.25) is 0 Å². The van der Waals surface area contributed by atoms with Crippen LogP contribution >= 0.6 is 11.3 Å². The van der Waals surface area contributed by atoms with Crippen LogP contribution in [0.5, 0.6) is 0 Å². The Morgan fingerprint density at radius 2 is 2.12 bits per heavy atom. The second kappa shape index (κ2) is 5.38. The number of nitrogen functional groups attached to an aromatic ring is 1. The van der Waals surface area contributed by atoms with E-state index in [1.165, 1.54) is 0 Å². The van der Waals surface area contributed by atoms with E-state index in [0.717, 1.165) is 17.8 Å². The maximum atomic E-state index is 11.9. The number of nitrogens with one attached hydrogen (secondary N) is 1. The lowest BCUT2D eigenvalue weighted by atomic mass is 10.4. The van der Waals surface area contributed by atoms with Crippen molar-refractivity contribution in [2.45, 2.75) is 25.2 Å². The zero-order chi connectivity index (χ0) is 13.1. The van der Waals surface area contributed by atoms with Gasteiger partial charge in [0.2, 0.25) is 0 Å². The van der Waals surface area contributed by atoms with Gasteiger partial charge in [0.15, 0.2) is 9.84 Å². The Labute approximate surface area is 105 Å². The normalized spacial score (nSPS) is 11.1. The zero-order valence-electron chi connectivity index (χ0n) is 9.78. The van der Waals surface area contributed by atoms with Crippen molar-refractivity contribution in [3.8, 4) is 6.07 Å². The van der Waals surface area contributed by atoms with Gasteiger partial charge in [-0.2, -0.15) is 5.26 Å². The minimum atomic E-state index is -3.41. The summed E-state index contributed by atoms with van der Waals surface area (Å²) < 4.78 is 23.8. The summed E-state index contributed by atoms with van der Waals surface area (Å²) in [5.74, 6) is -0.0282. The van der Waals surface area contributed by atoms with Crippen molar-refractivity contribution in [1.82, 2.24) is 0 Å². The first-order valence-corrected chi connectivity index (χ1v) is 7.73. The van der Waals surface area contributed by atoms with Crippen molar-refractivity contribution < 1.29 is 8.42 Å². The van der Waals surface area contributed by atoms with Crippen molar-refractivity contribution in [3.05, 3.63) is 4.88 Å². The second-order valence-electron chi connectivity index (χ2n) is 3.45. The van der Waals surface area contributed by atoms with Gasteiger partial charge in [-0.1, -0.05) is 13.8 Å². The minimum Gasteiger partial charge on any atom is -0.396 e. The molecule has 1 aromatic heterocycles. The number of anilines is 2.